The number of rotatable bonds is 22. The summed E-state index contributed by atoms with van der Waals surface area (Å²) in [6, 6.07) is -5.52. The van der Waals surface area contributed by atoms with Gasteiger partial charge in [-0.2, -0.15) is 0 Å². The second-order valence-electron chi connectivity index (χ2n) is 9.15. The van der Waals surface area contributed by atoms with Crippen molar-refractivity contribution in [2.75, 3.05) is 13.1 Å². The number of aliphatic carboxylic acids is 1. The number of carbonyl (C=O) groups excluding carboxylic acids is 7. The van der Waals surface area contributed by atoms with E-state index in [1.165, 1.54) is 0 Å². The monoisotopic (exact) mass is 587 g/mol. The molecule has 0 bridgehead atoms. The highest BCUT2D eigenvalue weighted by atomic mass is 16.4. The number of hydrogen-bond acceptors (Lipinski definition) is 10. The van der Waals surface area contributed by atoms with Crippen molar-refractivity contribution in [1.82, 2.24) is 21.3 Å². The zero-order chi connectivity index (χ0) is 31.5. The predicted octanol–water partition coefficient (Wildman–Crippen LogP) is -5.11. The molecule has 0 fully saturated rings. The zero-order valence-electron chi connectivity index (χ0n) is 22.7. The molecule has 4 atom stereocenters. The average Bonchev–Trinajstić information content (AvgIpc) is 2.89. The first kappa shape index (κ1) is 36.7. The van der Waals surface area contributed by atoms with Crippen molar-refractivity contribution in [3.63, 3.8) is 0 Å². The minimum absolute atomic E-state index is 0.0290. The van der Waals surface area contributed by atoms with E-state index in [1.54, 1.807) is 0 Å². The first-order chi connectivity index (χ1) is 19.2. The summed E-state index contributed by atoms with van der Waals surface area (Å²) in [5.74, 6) is -7.20. The van der Waals surface area contributed by atoms with E-state index in [4.69, 9.17) is 28.7 Å². The van der Waals surface area contributed by atoms with Crippen molar-refractivity contribution in [3.8, 4) is 0 Å². The Kier molecular flexibility index (Phi) is 17.6. The second-order valence-corrected chi connectivity index (χ2v) is 9.15. The number of carboxylic acids is 1. The van der Waals surface area contributed by atoms with Gasteiger partial charge in [0.15, 0.2) is 0 Å². The first-order valence-corrected chi connectivity index (χ1v) is 12.9. The molecular weight excluding hydrogens is 546 g/mol. The highest BCUT2D eigenvalue weighted by Gasteiger charge is 2.31. The first-order valence-electron chi connectivity index (χ1n) is 12.9. The van der Waals surface area contributed by atoms with Gasteiger partial charge >= 0.3 is 5.97 Å². The van der Waals surface area contributed by atoms with Gasteiger partial charge in [-0.1, -0.05) is 0 Å². The van der Waals surface area contributed by atoms with Crippen LogP contribution in [0.3, 0.4) is 0 Å². The number of primary amides is 3. The van der Waals surface area contributed by atoms with E-state index in [1.807, 2.05) is 0 Å². The summed E-state index contributed by atoms with van der Waals surface area (Å²) < 4.78 is 0. The number of unbranched alkanes of at least 4 members (excludes halogenated alkanes) is 1. The molecule has 0 aromatic rings. The molecule has 0 radical (unpaired) electrons. The van der Waals surface area contributed by atoms with Crippen molar-refractivity contribution < 1.29 is 43.5 Å². The molecule has 0 aromatic carbocycles. The van der Waals surface area contributed by atoms with Gasteiger partial charge < -0.3 is 55.0 Å². The van der Waals surface area contributed by atoms with Crippen LogP contribution in [-0.2, 0) is 38.4 Å². The molecule has 15 N–H and O–H groups in total. The molecule has 0 aromatic heterocycles. The third-order valence-corrected chi connectivity index (χ3v) is 5.70. The van der Waals surface area contributed by atoms with Crippen molar-refractivity contribution in [2.24, 2.45) is 28.7 Å². The van der Waals surface area contributed by atoms with Crippen molar-refractivity contribution in [2.45, 2.75) is 82.0 Å². The van der Waals surface area contributed by atoms with Crippen molar-refractivity contribution in [3.05, 3.63) is 0 Å². The molecule has 41 heavy (non-hydrogen) atoms. The van der Waals surface area contributed by atoms with Gasteiger partial charge in [0.2, 0.25) is 41.4 Å². The summed E-state index contributed by atoms with van der Waals surface area (Å²) in [5, 5.41) is 18.8. The van der Waals surface area contributed by atoms with Crippen molar-refractivity contribution in [1.29, 1.82) is 0 Å². The van der Waals surface area contributed by atoms with Crippen LogP contribution in [0.1, 0.15) is 57.8 Å². The maximum absolute atomic E-state index is 13.2. The summed E-state index contributed by atoms with van der Waals surface area (Å²) in [6.07, 6.45) is -0.917. The van der Waals surface area contributed by atoms with Crippen LogP contribution in [0.15, 0.2) is 0 Å². The van der Waals surface area contributed by atoms with E-state index in [0.29, 0.717) is 12.8 Å². The number of amides is 7. The molecule has 0 rings (SSSR count). The zero-order valence-corrected chi connectivity index (χ0v) is 22.7. The Morgan fingerprint density at radius 3 is 1.27 bits per heavy atom. The van der Waals surface area contributed by atoms with Crippen LogP contribution in [0.25, 0.3) is 0 Å². The second kappa shape index (κ2) is 19.7. The molecule has 0 spiro atoms. The Balaban J connectivity index is 5.88. The van der Waals surface area contributed by atoms with Crippen LogP contribution < -0.4 is 49.9 Å². The Morgan fingerprint density at radius 2 is 0.902 bits per heavy atom. The van der Waals surface area contributed by atoms with Crippen LogP contribution >= 0.6 is 0 Å². The number of carbonyl (C=O) groups is 8. The van der Waals surface area contributed by atoms with E-state index in [-0.39, 0.29) is 51.5 Å². The van der Waals surface area contributed by atoms with Gasteiger partial charge in [0.25, 0.3) is 0 Å². The predicted molar refractivity (Wildman–Crippen MR) is 143 cm³/mol. The molecule has 18 heteroatoms. The largest absolute Gasteiger partial charge is 0.480 e. The van der Waals surface area contributed by atoms with E-state index < -0.39 is 78.0 Å². The van der Waals surface area contributed by atoms with Gasteiger partial charge in [-0.15, -0.1) is 0 Å². The topological polar surface area (TPSA) is 335 Å². The fraction of sp³-hybridized carbons (Fsp3) is 0.652. The Hall–Kier alpha value is -4.32. The summed E-state index contributed by atoms with van der Waals surface area (Å²) >= 11 is 0. The molecule has 0 saturated carbocycles. The van der Waals surface area contributed by atoms with Gasteiger partial charge in [-0.25, -0.2) is 4.79 Å². The summed E-state index contributed by atoms with van der Waals surface area (Å²) in [4.78, 5) is 96.1. The van der Waals surface area contributed by atoms with Crippen LogP contribution in [0.5, 0.6) is 0 Å². The lowest BCUT2D eigenvalue weighted by Crippen LogP contribution is -2.58. The normalized spacial score (nSPS) is 13.5. The molecule has 7 amide bonds. The average molecular weight is 588 g/mol. The molecule has 0 saturated heterocycles. The fourth-order valence-electron chi connectivity index (χ4n) is 3.49. The maximum Gasteiger partial charge on any atom is 0.326 e. The van der Waals surface area contributed by atoms with Gasteiger partial charge in [0.05, 0.1) is 6.54 Å². The number of hydrogen-bond donors (Lipinski definition) is 10. The van der Waals surface area contributed by atoms with Crippen LogP contribution in [-0.4, -0.2) is 89.7 Å². The fourth-order valence-corrected chi connectivity index (χ4v) is 3.49. The molecule has 4 unspecified atom stereocenters. The van der Waals surface area contributed by atoms with Gasteiger partial charge in [0.1, 0.15) is 24.2 Å². The summed E-state index contributed by atoms with van der Waals surface area (Å²) in [5.41, 5.74) is 26.1. The minimum Gasteiger partial charge on any atom is -0.480 e. The molecular formula is C23H41N9O9. The smallest absolute Gasteiger partial charge is 0.326 e. The minimum atomic E-state index is -1.48. The molecule has 0 aliphatic rings. The van der Waals surface area contributed by atoms with E-state index in [9.17, 15) is 43.5 Å². The quantitative estimate of drug-likeness (QED) is 0.0534. The SMILES string of the molecule is NCCCCC(NC(=O)C(CCC(N)=O)NC(=O)C(CCC(N)=O)NC(=O)CN)C(=O)NC(CCC(N)=O)C(=O)O. The van der Waals surface area contributed by atoms with Gasteiger partial charge in [-0.05, 0) is 45.1 Å². The molecule has 0 aliphatic carbocycles. The molecule has 18 nitrogen and oxygen atoms in total. The van der Waals surface area contributed by atoms with Crippen LogP contribution in [0.4, 0.5) is 0 Å². The molecule has 0 heterocycles. The lowest BCUT2D eigenvalue weighted by atomic mass is 10.0. The number of nitrogens with two attached hydrogens (primary N) is 5. The standard InChI is InChI=1S/C23H41N9O9/c24-10-2-1-3-12(20(37)32-15(23(40)41)6-9-18(28)35)30-22(39)14(5-8-17(27)34)31-21(38)13(4-7-16(26)33)29-19(36)11-25/h12-15H,1-11,24-25H2,(H2,26,33)(H2,27,34)(H2,28,35)(H,29,36)(H,30,39)(H,31,38)(H,32,37)(H,40,41). The Labute approximate surface area is 236 Å². The van der Waals surface area contributed by atoms with Gasteiger partial charge in [-0.3, -0.25) is 33.6 Å². The maximum atomic E-state index is 13.2. The third-order valence-electron chi connectivity index (χ3n) is 5.70. The van der Waals surface area contributed by atoms with Gasteiger partial charge in [0, 0.05) is 19.3 Å². The summed E-state index contributed by atoms with van der Waals surface area (Å²) in [6.45, 7) is -0.195. The van der Waals surface area contributed by atoms with Crippen molar-refractivity contribution >= 4 is 47.3 Å². The lowest BCUT2D eigenvalue weighted by Gasteiger charge is -2.26. The number of nitrogens with one attached hydrogen (secondary N) is 4. The van der Waals surface area contributed by atoms with E-state index in [2.05, 4.69) is 21.3 Å². The molecule has 0 aliphatic heterocycles. The third kappa shape index (κ3) is 16.4. The highest BCUT2D eigenvalue weighted by molar-refractivity contribution is 5.95. The molecule has 232 valence electrons. The number of carboxylic acid groups (broad SMARTS) is 1. The van der Waals surface area contributed by atoms with Crippen LogP contribution in [0.2, 0.25) is 0 Å². The van der Waals surface area contributed by atoms with E-state index >= 15 is 0 Å². The highest BCUT2D eigenvalue weighted by Crippen LogP contribution is 2.07. The lowest BCUT2D eigenvalue weighted by molar-refractivity contribution is -0.142. The Morgan fingerprint density at radius 1 is 0.537 bits per heavy atom. The summed E-state index contributed by atoms with van der Waals surface area (Å²) in [7, 11) is 0. The Bertz CT molecular complexity index is 961. The van der Waals surface area contributed by atoms with E-state index in [0.717, 1.165) is 0 Å². The van der Waals surface area contributed by atoms with Crippen LogP contribution in [0, 0.1) is 0 Å².